The van der Waals surface area contributed by atoms with E-state index in [0.717, 1.165) is 22.6 Å². The normalized spacial score (nSPS) is 9.98. The summed E-state index contributed by atoms with van der Waals surface area (Å²) in [6, 6.07) is 53.2. The summed E-state index contributed by atoms with van der Waals surface area (Å²) in [6.07, 6.45) is 3.87. The Morgan fingerprint density at radius 2 is 0.979 bits per heavy atom. The Morgan fingerprint density at radius 3 is 1.60 bits per heavy atom. The number of rotatable bonds is 5. The molecule has 0 amide bonds. The number of pyridine rings is 1. The van der Waals surface area contributed by atoms with Crippen LogP contribution in [-0.4, -0.2) is 4.98 Å². The second kappa shape index (κ2) is 18.0. The average molecular weight is 629 g/mol. The molecule has 2 heteroatoms. The largest absolute Gasteiger partial charge is 0.308 e. The van der Waals surface area contributed by atoms with Crippen molar-refractivity contribution in [1.82, 2.24) is 4.98 Å². The van der Waals surface area contributed by atoms with Crippen molar-refractivity contribution in [2.75, 3.05) is 4.90 Å². The maximum atomic E-state index is 4.59. The Morgan fingerprint density at radius 1 is 0.438 bits per heavy atom. The molecule has 242 valence electrons. The molecule has 1 heterocycles. The topological polar surface area (TPSA) is 16.1 Å². The number of aryl methyl sites for hydroxylation is 3. The molecule has 6 aromatic carbocycles. The minimum absolute atomic E-state index is 1.04. The molecule has 0 radical (unpaired) electrons. The predicted molar refractivity (Wildman–Crippen MR) is 211 cm³/mol. The molecule has 0 unspecified atom stereocenters. The van der Waals surface area contributed by atoms with Gasteiger partial charge in [0.05, 0.1) is 17.6 Å². The molecule has 0 saturated heterocycles. The number of aromatic nitrogens is 1. The van der Waals surface area contributed by atoms with Gasteiger partial charge in [0.25, 0.3) is 0 Å². The minimum Gasteiger partial charge on any atom is -0.308 e. The van der Waals surface area contributed by atoms with Crippen molar-refractivity contribution in [3.63, 3.8) is 0 Å². The first kappa shape index (κ1) is 35.4. The van der Waals surface area contributed by atoms with Crippen molar-refractivity contribution in [3.05, 3.63) is 181 Å². The third-order valence-corrected chi connectivity index (χ3v) is 7.97. The number of hydrogen-bond donors (Lipinski definition) is 0. The zero-order valence-corrected chi connectivity index (χ0v) is 29.5. The van der Waals surface area contributed by atoms with Crippen LogP contribution in [0.25, 0.3) is 33.0 Å². The van der Waals surface area contributed by atoms with Crippen molar-refractivity contribution in [2.24, 2.45) is 0 Å². The van der Waals surface area contributed by atoms with Crippen LogP contribution in [0.5, 0.6) is 0 Å². The Labute approximate surface area is 288 Å². The molecule has 2 nitrogen and oxygen atoms in total. The number of nitrogens with zero attached hydrogens (tertiary/aromatic N) is 2. The lowest BCUT2D eigenvalue weighted by Crippen LogP contribution is -2.10. The van der Waals surface area contributed by atoms with Gasteiger partial charge < -0.3 is 4.90 Å². The molecular formula is C46H48N2. The number of anilines is 3. The van der Waals surface area contributed by atoms with Crippen LogP contribution in [0.4, 0.5) is 17.1 Å². The van der Waals surface area contributed by atoms with E-state index in [-0.39, 0.29) is 0 Å². The van der Waals surface area contributed by atoms with Crippen molar-refractivity contribution < 1.29 is 0 Å². The monoisotopic (exact) mass is 628 g/mol. The van der Waals surface area contributed by atoms with E-state index in [1.807, 2.05) is 46.2 Å². The van der Waals surface area contributed by atoms with Gasteiger partial charge in [0.1, 0.15) is 0 Å². The SMILES string of the molecule is CC.CC.Cc1ccc(-c2cncc(N(c3ccccc3)c3cccc4ccccc34)c2)cc1.Cc1ccccc1-c1ccccc1C. The number of benzene rings is 6. The Balaban J connectivity index is 0.000000242. The molecule has 48 heavy (non-hydrogen) atoms. The summed E-state index contributed by atoms with van der Waals surface area (Å²) in [7, 11) is 0. The number of para-hydroxylation sites is 1. The predicted octanol–water partition coefficient (Wildman–Crippen LogP) is 13.7. The van der Waals surface area contributed by atoms with E-state index in [2.05, 4.69) is 176 Å². The van der Waals surface area contributed by atoms with Gasteiger partial charge in [-0.3, -0.25) is 4.98 Å². The third kappa shape index (κ3) is 8.66. The van der Waals surface area contributed by atoms with Gasteiger partial charge in [0.2, 0.25) is 0 Å². The van der Waals surface area contributed by atoms with Gasteiger partial charge >= 0.3 is 0 Å². The highest BCUT2D eigenvalue weighted by Gasteiger charge is 2.16. The first-order valence-corrected chi connectivity index (χ1v) is 17.1. The van der Waals surface area contributed by atoms with Crippen LogP contribution in [0, 0.1) is 20.8 Å². The maximum absolute atomic E-state index is 4.59. The summed E-state index contributed by atoms with van der Waals surface area (Å²) in [4.78, 5) is 6.88. The fraction of sp³-hybridized carbons (Fsp3) is 0.152. The highest BCUT2D eigenvalue weighted by molar-refractivity contribution is 5.99. The Kier molecular flexibility index (Phi) is 13.3. The van der Waals surface area contributed by atoms with E-state index in [1.54, 1.807) is 0 Å². The molecule has 0 atom stereocenters. The molecule has 0 bridgehead atoms. The van der Waals surface area contributed by atoms with E-state index < -0.39 is 0 Å². The Hall–Kier alpha value is -5.47. The lowest BCUT2D eigenvalue weighted by atomic mass is 9.97. The lowest BCUT2D eigenvalue weighted by molar-refractivity contribution is 1.24. The molecule has 0 aliphatic heterocycles. The standard InChI is InChI=1S/C28H22N2.C14H14.2C2H6/c1-21-14-16-22(17-15-21)24-18-26(20-29-19-24)30(25-10-3-2-4-11-25)28-13-7-9-23-8-5-6-12-27(23)28;1-11-7-3-5-9-13(11)14-10-6-4-8-12(14)2;2*1-2/h2-20H,1H3;3-10H,1-2H3;2*1-2H3. The first-order valence-electron chi connectivity index (χ1n) is 17.1. The molecule has 0 N–H and O–H groups in total. The molecule has 0 aliphatic rings. The highest BCUT2D eigenvalue weighted by Crippen LogP contribution is 2.39. The zero-order valence-electron chi connectivity index (χ0n) is 29.5. The lowest BCUT2D eigenvalue weighted by Gasteiger charge is -2.27. The van der Waals surface area contributed by atoms with Gasteiger partial charge in [-0.1, -0.05) is 161 Å². The van der Waals surface area contributed by atoms with Crippen LogP contribution in [0.3, 0.4) is 0 Å². The summed E-state index contributed by atoms with van der Waals surface area (Å²) in [5.74, 6) is 0. The average Bonchev–Trinajstić information content (AvgIpc) is 3.15. The summed E-state index contributed by atoms with van der Waals surface area (Å²) >= 11 is 0. The van der Waals surface area contributed by atoms with Crippen molar-refractivity contribution >= 4 is 27.8 Å². The molecule has 7 aromatic rings. The highest BCUT2D eigenvalue weighted by atomic mass is 15.1. The van der Waals surface area contributed by atoms with Crippen LogP contribution in [0.1, 0.15) is 44.4 Å². The van der Waals surface area contributed by atoms with E-state index in [4.69, 9.17) is 0 Å². The van der Waals surface area contributed by atoms with Crippen molar-refractivity contribution in [3.8, 4) is 22.3 Å². The molecule has 7 rings (SSSR count). The quantitative estimate of drug-likeness (QED) is 0.188. The smallest absolute Gasteiger partial charge is 0.0651 e. The van der Waals surface area contributed by atoms with Gasteiger partial charge in [-0.05, 0) is 78.2 Å². The summed E-state index contributed by atoms with van der Waals surface area (Å²) < 4.78 is 0. The van der Waals surface area contributed by atoms with Gasteiger partial charge in [-0.15, -0.1) is 0 Å². The fourth-order valence-corrected chi connectivity index (χ4v) is 5.61. The van der Waals surface area contributed by atoms with E-state index in [9.17, 15) is 0 Å². The van der Waals surface area contributed by atoms with Crippen molar-refractivity contribution in [2.45, 2.75) is 48.5 Å². The number of hydrogen-bond acceptors (Lipinski definition) is 2. The van der Waals surface area contributed by atoms with Crippen LogP contribution < -0.4 is 4.90 Å². The summed E-state index contributed by atoms with van der Waals surface area (Å²) in [5.41, 5.74) is 12.2. The van der Waals surface area contributed by atoms with Crippen molar-refractivity contribution in [1.29, 1.82) is 0 Å². The summed E-state index contributed by atoms with van der Waals surface area (Å²) in [5, 5.41) is 2.43. The van der Waals surface area contributed by atoms with Gasteiger partial charge in [-0.2, -0.15) is 0 Å². The zero-order chi connectivity index (χ0) is 34.3. The van der Waals surface area contributed by atoms with Crippen LogP contribution in [0.2, 0.25) is 0 Å². The molecule has 0 saturated carbocycles. The molecule has 0 aliphatic carbocycles. The maximum Gasteiger partial charge on any atom is 0.0651 e. The van der Waals surface area contributed by atoms with E-state index >= 15 is 0 Å². The second-order valence-electron chi connectivity index (χ2n) is 11.1. The third-order valence-electron chi connectivity index (χ3n) is 7.97. The van der Waals surface area contributed by atoms with E-state index in [1.165, 1.54) is 44.2 Å². The van der Waals surface area contributed by atoms with Gasteiger partial charge in [-0.25, -0.2) is 0 Å². The molecule has 0 spiro atoms. The molecular weight excluding hydrogens is 581 g/mol. The minimum atomic E-state index is 1.04. The van der Waals surface area contributed by atoms with Gasteiger partial charge in [0, 0.05) is 22.8 Å². The Bertz CT molecular complexity index is 1940. The summed E-state index contributed by atoms with van der Waals surface area (Å²) in [6.45, 7) is 14.4. The molecule has 1 aromatic heterocycles. The fourth-order valence-electron chi connectivity index (χ4n) is 5.61. The number of fused-ring (bicyclic) bond motifs is 1. The van der Waals surface area contributed by atoms with Crippen LogP contribution in [-0.2, 0) is 0 Å². The van der Waals surface area contributed by atoms with E-state index in [0.29, 0.717) is 0 Å². The first-order chi connectivity index (χ1) is 23.6. The second-order valence-corrected chi connectivity index (χ2v) is 11.1. The molecule has 0 fully saturated rings. The van der Waals surface area contributed by atoms with Crippen LogP contribution >= 0.6 is 0 Å². The van der Waals surface area contributed by atoms with Crippen LogP contribution in [0.15, 0.2) is 164 Å². The van der Waals surface area contributed by atoms with Gasteiger partial charge in [0.15, 0.2) is 0 Å².